The first kappa shape index (κ1) is 66.9. The smallest absolute Gasteiger partial charge is 0.306 e. The van der Waals surface area contributed by atoms with Crippen LogP contribution >= 0.6 is 0 Å². The number of rotatable bonds is 57. The van der Waals surface area contributed by atoms with Crippen LogP contribution in [-0.2, 0) is 28.6 Å². The van der Waals surface area contributed by atoms with Gasteiger partial charge in [0, 0.05) is 19.3 Å². The van der Waals surface area contributed by atoms with E-state index in [1.54, 1.807) is 0 Å². The Balaban J connectivity index is 4.32. The lowest BCUT2D eigenvalue weighted by Gasteiger charge is -2.18. The summed E-state index contributed by atoms with van der Waals surface area (Å²) < 4.78 is 16.9. The second kappa shape index (κ2) is 58.5. The summed E-state index contributed by atoms with van der Waals surface area (Å²) >= 11 is 0. The minimum absolute atomic E-state index is 0.0689. The van der Waals surface area contributed by atoms with Gasteiger partial charge in [-0.25, -0.2) is 0 Å². The molecular weight excluding hydrogens is 853 g/mol. The van der Waals surface area contributed by atoms with Crippen LogP contribution in [0.3, 0.4) is 0 Å². The highest BCUT2D eigenvalue weighted by molar-refractivity contribution is 5.71. The van der Waals surface area contributed by atoms with Gasteiger partial charge < -0.3 is 14.2 Å². The van der Waals surface area contributed by atoms with Crippen molar-refractivity contribution in [1.29, 1.82) is 0 Å². The Morgan fingerprint density at radius 1 is 0.275 bits per heavy atom. The zero-order valence-corrected chi connectivity index (χ0v) is 46.6. The molecular formula is C63H118O6. The largest absolute Gasteiger partial charge is 0.462 e. The number of hydrogen-bond donors (Lipinski definition) is 0. The zero-order chi connectivity index (χ0) is 50.0. The highest BCUT2D eigenvalue weighted by atomic mass is 16.6. The Kier molecular flexibility index (Phi) is 56.7. The Morgan fingerprint density at radius 3 is 0.725 bits per heavy atom. The molecule has 406 valence electrons. The normalized spacial score (nSPS) is 12.1. The van der Waals surface area contributed by atoms with Gasteiger partial charge >= 0.3 is 17.9 Å². The zero-order valence-electron chi connectivity index (χ0n) is 46.6. The van der Waals surface area contributed by atoms with E-state index in [0.29, 0.717) is 19.3 Å². The summed E-state index contributed by atoms with van der Waals surface area (Å²) in [5.74, 6) is -0.851. The van der Waals surface area contributed by atoms with Gasteiger partial charge in [0.15, 0.2) is 6.10 Å². The number of carbonyl (C=O) groups is 3. The molecule has 0 spiro atoms. The third-order valence-electron chi connectivity index (χ3n) is 13.9. The monoisotopic (exact) mass is 971 g/mol. The third kappa shape index (κ3) is 56.7. The maximum absolute atomic E-state index is 12.9. The lowest BCUT2D eigenvalue weighted by molar-refractivity contribution is -0.167. The fraction of sp³-hybridized carbons (Fsp3) is 0.889. The van der Waals surface area contributed by atoms with E-state index in [1.165, 1.54) is 244 Å². The van der Waals surface area contributed by atoms with Crippen LogP contribution in [0.1, 0.15) is 342 Å². The molecule has 0 aromatic carbocycles. The lowest BCUT2D eigenvalue weighted by atomic mass is 10.0. The first-order chi connectivity index (χ1) is 34.0. The van der Waals surface area contributed by atoms with Crippen molar-refractivity contribution in [1.82, 2.24) is 0 Å². The van der Waals surface area contributed by atoms with E-state index in [0.717, 1.165) is 57.8 Å². The van der Waals surface area contributed by atoms with E-state index in [2.05, 4.69) is 45.1 Å². The Labute approximate surface area is 430 Å². The number of unbranched alkanes of at least 4 members (excludes halogenated alkanes) is 42. The van der Waals surface area contributed by atoms with Crippen LogP contribution in [0.5, 0.6) is 0 Å². The van der Waals surface area contributed by atoms with Crippen molar-refractivity contribution in [2.24, 2.45) is 0 Å². The Morgan fingerprint density at radius 2 is 0.478 bits per heavy atom. The molecule has 6 heteroatoms. The van der Waals surface area contributed by atoms with Crippen LogP contribution in [0.2, 0.25) is 0 Å². The number of esters is 3. The van der Waals surface area contributed by atoms with Gasteiger partial charge in [0.2, 0.25) is 0 Å². The molecule has 0 fully saturated rings. The first-order valence-corrected chi connectivity index (χ1v) is 30.8. The van der Waals surface area contributed by atoms with E-state index >= 15 is 0 Å². The summed E-state index contributed by atoms with van der Waals surface area (Å²) in [5, 5.41) is 0. The molecule has 0 bridgehead atoms. The average molecular weight is 972 g/mol. The maximum atomic E-state index is 12.9. The van der Waals surface area contributed by atoms with Crippen LogP contribution in [0, 0.1) is 0 Å². The molecule has 0 rings (SSSR count). The number of allylic oxidation sites excluding steroid dienone is 4. The van der Waals surface area contributed by atoms with Gasteiger partial charge in [-0.1, -0.05) is 276 Å². The van der Waals surface area contributed by atoms with Crippen LogP contribution in [0.4, 0.5) is 0 Å². The summed E-state index contributed by atoms with van der Waals surface area (Å²) in [5.41, 5.74) is 0. The molecule has 0 radical (unpaired) electrons. The Bertz CT molecular complexity index is 1110. The van der Waals surface area contributed by atoms with E-state index in [9.17, 15) is 14.4 Å². The van der Waals surface area contributed by atoms with Crippen molar-refractivity contribution in [3.63, 3.8) is 0 Å². The molecule has 0 aromatic rings. The average Bonchev–Trinajstić information content (AvgIpc) is 3.35. The van der Waals surface area contributed by atoms with Gasteiger partial charge in [-0.3, -0.25) is 14.4 Å². The van der Waals surface area contributed by atoms with Crippen molar-refractivity contribution in [2.75, 3.05) is 13.2 Å². The van der Waals surface area contributed by atoms with Crippen molar-refractivity contribution in [3.8, 4) is 0 Å². The van der Waals surface area contributed by atoms with Gasteiger partial charge in [0.25, 0.3) is 0 Å². The van der Waals surface area contributed by atoms with Crippen LogP contribution < -0.4 is 0 Å². The van der Waals surface area contributed by atoms with Crippen molar-refractivity contribution in [3.05, 3.63) is 24.3 Å². The SMILES string of the molecule is CCCCCCCC/C=C\CCCCCCCCCCCC(=O)OC[C@H](COC(=O)CCCCCCCCC/C=C\CCCCCCCC)OC(=O)CCCCCCCCCCCCCCCCC. The molecule has 69 heavy (non-hydrogen) atoms. The number of carbonyl (C=O) groups excluding carboxylic acids is 3. The third-order valence-corrected chi connectivity index (χ3v) is 13.9. The quantitative estimate of drug-likeness (QED) is 0.0261. The predicted octanol–water partition coefficient (Wildman–Crippen LogP) is 20.7. The second-order valence-corrected chi connectivity index (χ2v) is 21.0. The highest BCUT2D eigenvalue weighted by Gasteiger charge is 2.19. The Hall–Kier alpha value is -2.11. The second-order valence-electron chi connectivity index (χ2n) is 21.0. The number of ether oxygens (including phenoxy) is 3. The molecule has 0 aliphatic carbocycles. The molecule has 0 aromatic heterocycles. The van der Waals surface area contributed by atoms with Gasteiger partial charge in [0.05, 0.1) is 0 Å². The summed E-state index contributed by atoms with van der Waals surface area (Å²) in [6.45, 7) is 6.69. The molecule has 1 atom stereocenters. The maximum Gasteiger partial charge on any atom is 0.306 e. The van der Waals surface area contributed by atoms with Crippen LogP contribution in [-0.4, -0.2) is 37.2 Å². The molecule has 0 saturated heterocycles. The summed E-state index contributed by atoms with van der Waals surface area (Å²) in [7, 11) is 0. The minimum atomic E-state index is -0.770. The molecule has 0 heterocycles. The van der Waals surface area contributed by atoms with Crippen molar-refractivity contribution >= 4 is 17.9 Å². The van der Waals surface area contributed by atoms with E-state index in [4.69, 9.17) is 14.2 Å². The molecule has 0 amide bonds. The molecule has 6 nitrogen and oxygen atoms in total. The fourth-order valence-electron chi connectivity index (χ4n) is 9.26. The summed E-state index contributed by atoms with van der Waals surface area (Å²) in [6, 6.07) is 0. The minimum Gasteiger partial charge on any atom is -0.462 e. The van der Waals surface area contributed by atoms with E-state index in [1.807, 2.05) is 0 Å². The number of hydrogen-bond acceptors (Lipinski definition) is 6. The van der Waals surface area contributed by atoms with Crippen molar-refractivity contribution < 1.29 is 28.6 Å². The highest BCUT2D eigenvalue weighted by Crippen LogP contribution is 2.17. The molecule has 0 saturated carbocycles. The van der Waals surface area contributed by atoms with E-state index < -0.39 is 6.10 Å². The van der Waals surface area contributed by atoms with E-state index in [-0.39, 0.29) is 31.1 Å². The lowest BCUT2D eigenvalue weighted by Crippen LogP contribution is -2.30. The molecule has 0 aliphatic heterocycles. The molecule has 0 aliphatic rings. The van der Waals surface area contributed by atoms with Crippen LogP contribution in [0.25, 0.3) is 0 Å². The summed E-state index contributed by atoms with van der Waals surface area (Å²) in [4.78, 5) is 38.2. The van der Waals surface area contributed by atoms with Crippen LogP contribution in [0.15, 0.2) is 24.3 Å². The summed E-state index contributed by atoms with van der Waals surface area (Å²) in [6.07, 6.45) is 68.8. The standard InChI is InChI=1S/C63H118O6/c1-4-7-10-13-16-19-22-25-28-30-31-33-36-38-41-44-47-50-53-56-62(65)68-59-60(69-63(66)57-54-51-48-45-42-39-34-27-24-21-18-15-12-9-6-3)58-67-61(64)55-52-49-46-43-40-37-35-32-29-26-23-20-17-14-11-8-5-2/h25-26,28-29,60H,4-24,27,30-59H2,1-3H3/b28-25-,29-26-/t60-/m0/s1. The first-order valence-electron chi connectivity index (χ1n) is 30.8. The van der Waals surface area contributed by atoms with Gasteiger partial charge in [-0.05, 0) is 70.6 Å². The van der Waals surface area contributed by atoms with Gasteiger partial charge in [0.1, 0.15) is 13.2 Å². The topological polar surface area (TPSA) is 78.9 Å². The van der Waals surface area contributed by atoms with Crippen molar-refractivity contribution in [2.45, 2.75) is 348 Å². The molecule has 0 N–H and O–H groups in total. The fourth-order valence-corrected chi connectivity index (χ4v) is 9.26. The van der Waals surface area contributed by atoms with Gasteiger partial charge in [-0.15, -0.1) is 0 Å². The van der Waals surface area contributed by atoms with Gasteiger partial charge in [-0.2, -0.15) is 0 Å². The molecule has 0 unspecified atom stereocenters. The predicted molar refractivity (Wildman–Crippen MR) is 298 cm³/mol.